The average molecular weight is 425 g/mol. The molecule has 0 radical (unpaired) electrons. The van der Waals surface area contributed by atoms with Gasteiger partial charge in [-0.15, -0.1) is 0 Å². The van der Waals surface area contributed by atoms with Gasteiger partial charge in [0, 0.05) is 0 Å². The Morgan fingerprint density at radius 2 is 1.25 bits per heavy atom. The number of nitrogens with zero attached hydrogens (tertiary/aromatic N) is 2. The van der Waals surface area contributed by atoms with Crippen molar-refractivity contribution in [1.82, 2.24) is 0 Å². The van der Waals surface area contributed by atoms with E-state index in [0.717, 1.165) is 33.5 Å². The van der Waals surface area contributed by atoms with Gasteiger partial charge in [-0.05, 0) is 55.5 Å². The lowest BCUT2D eigenvalue weighted by Crippen LogP contribution is -2.57. The minimum absolute atomic E-state index is 0.183. The molecular weight excluding hydrogens is 396 g/mol. The number of amides is 3. The summed E-state index contributed by atoms with van der Waals surface area (Å²) in [5.74, 6) is -0.183. The van der Waals surface area contributed by atoms with Crippen LogP contribution >= 0.6 is 0 Å². The molecule has 1 atom stereocenters. The second-order valence-corrected chi connectivity index (χ2v) is 8.40. The fourth-order valence-electron chi connectivity index (χ4n) is 4.48. The molecule has 1 aliphatic rings. The van der Waals surface area contributed by atoms with Gasteiger partial charge in [0.25, 0.3) is 0 Å². The first-order chi connectivity index (χ1) is 15.4. The molecule has 3 aromatic carbocycles. The van der Waals surface area contributed by atoms with Gasteiger partial charge in [-0.2, -0.15) is 0 Å². The molecule has 1 unspecified atom stereocenters. The summed E-state index contributed by atoms with van der Waals surface area (Å²) in [6, 6.07) is 21.1. The molecule has 0 aliphatic carbocycles. The van der Waals surface area contributed by atoms with Crippen LogP contribution in [0.4, 0.5) is 16.2 Å². The third kappa shape index (κ3) is 3.96. The first-order valence-corrected chi connectivity index (χ1v) is 10.9. The number of urea groups is 1. The first-order valence-electron chi connectivity index (χ1n) is 10.9. The number of hydrogen-bond acceptors (Lipinski definition) is 2. The highest BCUT2D eigenvalue weighted by Crippen LogP contribution is 2.36. The van der Waals surface area contributed by atoms with E-state index in [2.05, 4.69) is 0 Å². The molecule has 0 aromatic heterocycles. The Morgan fingerprint density at radius 1 is 0.719 bits per heavy atom. The number of benzene rings is 3. The van der Waals surface area contributed by atoms with E-state index in [1.807, 2.05) is 107 Å². The molecule has 0 saturated carbocycles. The van der Waals surface area contributed by atoms with Gasteiger partial charge in [-0.1, -0.05) is 78.9 Å². The lowest BCUT2D eigenvalue weighted by atomic mass is 9.99. The van der Waals surface area contributed by atoms with Crippen LogP contribution in [0.25, 0.3) is 6.08 Å². The van der Waals surface area contributed by atoms with Gasteiger partial charge < -0.3 is 0 Å². The molecule has 1 heterocycles. The van der Waals surface area contributed by atoms with E-state index in [9.17, 15) is 9.59 Å². The summed E-state index contributed by atoms with van der Waals surface area (Å²) in [4.78, 5) is 30.4. The number of hydrogen-bond donors (Lipinski definition) is 0. The molecule has 4 heteroatoms. The van der Waals surface area contributed by atoms with Crippen LogP contribution in [-0.2, 0) is 4.79 Å². The van der Waals surface area contributed by atoms with Crippen molar-refractivity contribution in [1.29, 1.82) is 0 Å². The number of carbonyl (C=O) groups is 2. The minimum atomic E-state index is -0.365. The SMILES string of the molecule is Cc1cccc(C)c1N1C(=O)CC(/C=C/c2ccccc2)N(c2c(C)cccc2C)C1=O. The molecule has 4 rings (SSSR count). The standard InChI is InChI=1S/C28H28N2O2/c1-19-10-8-11-20(2)26(19)29-24(17-16-23-14-6-5-7-15-23)18-25(31)30(28(29)32)27-21(3)12-9-13-22(27)4/h5-17,24H,18H2,1-4H3/b17-16+. The predicted molar refractivity (Wildman–Crippen MR) is 131 cm³/mol. The third-order valence-corrected chi connectivity index (χ3v) is 6.02. The number of aryl methyl sites for hydroxylation is 4. The van der Waals surface area contributed by atoms with E-state index in [4.69, 9.17) is 0 Å². The highest BCUT2D eigenvalue weighted by molar-refractivity contribution is 6.23. The zero-order valence-electron chi connectivity index (χ0n) is 19.0. The molecule has 1 saturated heterocycles. The molecule has 3 aromatic rings. The second kappa shape index (κ2) is 8.83. The smallest absolute Gasteiger partial charge is 0.286 e. The molecule has 1 fully saturated rings. The van der Waals surface area contributed by atoms with E-state index in [1.54, 1.807) is 4.90 Å². The molecule has 4 nitrogen and oxygen atoms in total. The van der Waals surface area contributed by atoms with E-state index < -0.39 is 0 Å². The van der Waals surface area contributed by atoms with Crippen molar-refractivity contribution in [2.45, 2.75) is 40.2 Å². The summed E-state index contributed by atoms with van der Waals surface area (Å²) in [6.07, 6.45) is 4.18. The Balaban J connectivity index is 1.83. The molecule has 1 aliphatic heterocycles. The predicted octanol–water partition coefficient (Wildman–Crippen LogP) is 6.37. The van der Waals surface area contributed by atoms with Crippen molar-refractivity contribution < 1.29 is 9.59 Å². The van der Waals surface area contributed by atoms with Gasteiger partial charge in [0.15, 0.2) is 0 Å². The molecule has 162 valence electrons. The number of carbonyl (C=O) groups excluding carboxylic acids is 2. The lowest BCUT2D eigenvalue weighted by Gasteiger charge is -2.41. The Kier molecular flexibility index (Phi) is 5.95. The van der Waals surface area contributed by atoms with Crippen LogP contribution in [-0.4, -0.2) is 18.0 Å². The summed E-state index contributed by atoms with van der Waals surface area (Å²) in [7, 11) is 0. The van der Waals surface area contributed by atoms with Crippen LogP contribution in [0.5, 0.6) is 0 Å². The van der Waals surface area contributed by atoms with Crippen molar-refractivity contribution in [2.75, 3.05) is 9.80 Å². The van der Waals surface area contributed by atoms with Crippen molar-refractivity contribution in [3.8, 4) is 0 Å². The van der Waals surface area contributed by atoms with Crippen LogP contribution in [0.3, 0.4) is 0 Å². The summed E-state index contributed by atoms with van der Waals surface area (Å²) >= 11 is 0. The third-order valence-electron chi connectivity index (χ3n) is 6.02. The summed E-state index contributed by atoms with van der Waals surface area (Å²) < 4.78 is 0. The van der Waals surface area contributed by atoms with Crippen molar-refractivity contribution in [3.05, 3.63) is 101 Å². The maximum Gasteiger partial charge on any atom is 0.336 e. The fourth-order valence-corrected chi connectivity index (χ4v) is 4.48. The van der Waals surface area contributed by atoms with Gasteiger partial charge in [0.1, 0.15) is 0 Å². The van der Waals surface area contributed by atoms with Crippen LogP contribution in [0.2, 0.25) is 0 Å². The zero-order chi connectivity index (χ0) is 22.8. The zero-order valence-corrected chi connectivity index (χ0v) is 19.0. The van der Waals surface area contributed by atoms with Gasteiger partial charge in [-0.3, -0.25) is 9.69 Å². The average Bonchev–Trinajstić information content (AvgIpc) is 2.76. The van der Waals surface area contributed by atoms with Crippen molar-refractivity contribution >= 4 is 29.4 Å². The monoisotopic (exact) mass is 424 g/mol. The minimum Gasteiger partial charge on any atom is -0.286 e. The van der Waals surface area contributed by atoms with Gasteiger partial charge in [0.2, 0.25) is 5.91 Å². The number of rotatable bonds is 4. The quantitative estimate of drug-likeness (QED) is 0.488. The van der Waals surface area contributed by atoms with Crippen LogP contribution in [0.15, 0.2) is 72.8 Å². The number of para-hydroxylation sites is 2. The first kappa shape index (κ1) is 21.6. The molecule has 3 amide bonds. The van der Waals surface area contributed by atoms with Crippen LogP contribution in [0, 0.1) is 27.7 Å². The summed E-state index contributed by atoms with van der Waals surface area (Å²) in [5, 5.41) is 0. The molecule has 0 spiro atoms. The van der Waals surface area contributed by atoms with Crippen LogP contribution in [0.1, 0.15) is 34.2 Å². The van der Waals surface area contributed by atoms with E-state index in [0.29, 0.717) is 5.69 Å². The summed E-state index contributed by atoms with van der Waals surface area (Å²) in [5.41, 5.74) is 6.41. The summed E-state index contributed by atoms with van der Waals surface area (Å²) in [6.45, 7) is 7.89. The van der Waals surface area contributed by atoms with E-state index in [-0.39, 0.29) is 24.4 Å². The Bertz CT molecular complexity index is 1160. The Morgan fingerprint density at radius 3 is 1.81 bits per heavy atom. The molecular formula is C28H28N2O2. The highest BCUT2D eigenvalue weighted by Gasteiger charge is 2.41. The number of imide groups is 1. The van der Waals surface area contributed by atoms with Crippen LogP contribution < -0.4 is 9.80 Å². The van der Waals surface area contributed by atoms with E-state index in [1.165, 1.54) is 4.90 Å². The van der Waals surface area contributed by atoms with Crippen molar-refractivity contribution in [3.63, 3.8) is 0 Å². The normalized spacial score (nSPS) is 16.8. The Labute approximate surface area is 189 Å². The highest BCUT2D eigenvalue weighted by atomic mass is 16.2. The molecule has 0 bridgehead atoms. The lowest BCUT2D eigenvalue weighted by molar-refractivity contribution is -0.118. The fraction of sp³-hybridized carbons (Fsp3) is 0.214. The Hall–Kier alpha value is -3.66. The number of anilines is 2. The second-order valence-electron chi connectivity index (χ2n) is 8.40. The van der Waals surface area contributed by atoms with Gasteiger partial charge >= 0.3 is 6.03 Å². The molecule has 32 heavy (non-hydrogen) atoms. The topological polar surface area (TPSA) is 40.6 Å². The largest absolute Gasteiger partial charge is 0.336 e. The van der Waals surface area contributed by atoms with Gasteiger partial charge in [-0.25, -0.2) is 9.69 Å². The maximum atomic E-state index is 14.0. The van der Waals surface area contributed by atoms with E-state index >= 15 is 0 Å². The molecule has 0 N–H and O–H groups in total. The van der Waals surface area contributed by atoms with Gasteiger partial charge in [0.05, 0.1) is 23.8 Å². The van der Waals surface area contributed by atoms with Crippen molar-refractivity contribution in [2.24, 2.45) is 0 Å². The maximum absolute atomic E-state index is 14.0.